The topological polar surface area (TPSA) is 49.4 Å². The van der Waals surface area contributed by atoms with E-state index in [0.717, 1.165) is 26.5 Å². The first-order valence-corrected chi connectivity index (χ1v) is 11.4. The summed E-state index contributed by atoms with van der Waals surface area (Å²) in [7, 11) is 0. The van der Waals surface area contributed by atoms with E-state index in [1.807, 2.05) is 80.6 Å². The molecule has 0 bridgehead atoms. The van der Waals surface area contributed by atoms with Crippen LogP contribution in [0.15, 0.2) is 82.1 Å². The molecule has 2 amide bonds. The quantitative estimate of drug-likeness (QED) is 0.286. The average Bonchev–Trinajstić information content (AvgIpc) is 2.75. The fraction of sp³-hybridized carbons (Fsp3) is 0.0800. The fourth-order valence-electron chi connectivity index (χ4n) is 3.41. The van der Waals surface area contributed by atoms with E-state index in [2.05, 4.69) is 5.32 Å². The van der Waals surface area contributed by atoms with Gasteiger partial charge in [0.15, 0.2) is 5.11 Å². The Bertz CT molecular complexity index is 1270. The van der Waals surface area contributed by atoms with E-state index in [9.17, 15) is 9.59 Å². The lowest BCUT2D eigenvalue weighted by Crippen LogP contribution is -2.54. The van der Waals surface area contributed by atoms with Gasteiger partial charge in [0.25, 0.3) is 11.8 Å². The molecule has 4 rings (SSSR count). The first-order chi connectivity index (χ1) is 15.3. The van der Waals surface area contributed by atoms with E-state index >= 15 is 0 Å². The van der Waals surface area contributed by atoms with E-state index in [-0.39, 0.29) is 10.7 Å². The second-order valence-corrected chi connectivity index (χ2v) is 9.28. The van der Waals surface area contributed by atoms with Gasteiger partial charge in [-0.2, -0.15) is 0 Å². The van der Waals surface area contributed by atoms with Gasteiger partial charge < -0.3 is 0 Å². The minimum absolute atomic E-state index is 0.0303. The van der Waals surface area contributed by atoms with Crippen molar-refractivity contribution in [3.63, 3.8) is 0 Å². The van der Waals surface area contributed by atoms with E-state index < -0.39 is 11.8 Å². The first kappa shape index (κ1) is 22.3. The largest absolute Gasteiger partial charge is 0.298 e. The molecule has 0 unspecified atom stereocenters. The summed E-state index contributed by atoms with van der Waals surface area (Å²) >= 11 is 12.8. The molecule has 1 aliphatic rings. The highest BCUT2D eigenvalue weighted by molar-refractivity contribution is 7.99. The van der Waals surface area contributed by atoms with Crippen LogP contribution in [0.1, 0.15) is 16.7 Å². The maximum Gasteiger partial charge on any atom is 0.270 e. The lowest BCUT2D eigenvalue weighted by molar-refractivity contribution is -0.122. The van der Waals surface area contributed by atoms with Gasteiger partial charge in [-0.15, -0.1) is 0 Å². The first-order valence-electron chi connectivity index (χ1n) is 9.84. The minimum atomic E-state index is -0.507. The van der Waals surface area contributed by atoms with E-state index in [1.54, 1.807) is 6.08 Å². The standard InChI is InChI=1S/C25H19ClN2O2S2/c1-15-7-12-21(16(2)13-15)28-24(30)20(23(29)27-25(28)31)14-17-5-3-4-6-22(17)32-19-10-8-18(26)9-11-19/h3-14H,1-2H3,(H,27,29,31)/b20-14-. The van der Waals surface area contributed by atoms with Gasteiger partial charge in [0.05, 0.1) is 5.69 Å². The second kappa shape index (κ2) is 9.28. The van der Waals surface area contributed by atoms with Crippen LogP contribution in [0.5, 0.6) is 0 Å². The molecule has 3 aromatic rings. The van der Waals surface area contributed by atoms with Gasteiger partial charge in [-0.25, -0.2) is 0 Å². The number of benzene rings is 3. The molecule has 1 heterocycles. The van der Waals surface area contributed by atoms with Crippen LogP contribution in [0.4, 0.5) is 5.69 Å². The van der Waals surface area contributed by atoms with Gasteiger partial charge in [0.2, 0.25) is 0 Å². The molecule has 1 saturated heterocycles. The van der Waals surface area contributed by atoms with Gasteiger partial charge in [-0.05, 0) is 79.7 Å². The van der Waals surface area contributed by atoms with Crippen LogP contribution in [0, 0.1) is 13.8 Å². The molecule has 0 saturated carbocycles. The van der Waals surface area contributed by atoms with Gasteiger partial charge in [-0.1, -0.05) is 59.3 Å². The molecule has 7 heteroatoms. The van der Waals surface area contributed by atoms with E-state index in [0.29, 0.717) is 10.7 Å². The van der Waals surface area contributed by atoms with Gasteiger partial charge in [0.1, 0.15) is 5.57 Å². The van der Waals surface area contributed by atoms with Crippen LogP contribution in [0.3, 0.4) is 0 Å². The molecule has 0 aliphatic carbocycles. The molecule has 32 heavy (non-hydrogen) atoms. The zero-order valence-corrected chi connectivity index (χ0v) is 19.8. The molecule has 0 radical (unpaired) electrons. The minimum Gasteiger partial charge on any atom is -0.298 e. The van der Waals surface area contributed by atoms with Crippen LogP contribution < -0.4 is 10.2 Å². The lowest BCUT2D eigenvalue weighted by Gasteiger charge is -2.30. The van der Waals surface area contributed by atoms with Crippen LogP contribution in [-0.4, -0.2) is 16.9 Å². The third-order valence-corrected chi connectivity index (χ3v) is 6.59. The smallest absolute Gasteiger partial charge is 0.270 e. The third-order valence-electron chi connectivity index (χ3n) is 4.96. The van der Waals surface area contributed by atoms with Crippen molar-refractivity contribution in [2.75, 3.05) is 4.90 Å². The van der Waals surface area contributed by atoms with Crippen molar-refractivity contribution in [2.45, 2.75) is 23.6 Å². The van der Waals surface area contributed by atoms with E-state index in [4.69, 9.17) is 23.8 Å². The van der Waals surface area contributed by atoms with Crippen molar-refractivity contribution in [1.82, 2.24) is 5.32 Å². The maximum atomic E-state index is 13.4. The summed E-state index contributed by atoms with van der Waals surface area (Å²) in [5.41, 5.74) is 3.42. The Hall–Kier alpha value is -2.93. The number of amides is 2. The molecule has 1 aliphatic heterocycles. The Labute approximate surface area is 201 Å². The summed E-state index contributed by atoms with van der Waals surface area (Å²) in [5, 5.41) is 3.39. The van der Waals surface area contributed by atoms with Gasteiger partial charge >= 0.3 is 0 Å². The summed E-state index contributed by atoms with van der Waals surface area (Å²) in [6.45, 7) is 3.89. The van der Waals surface area contributed by atoms with Crippen molar-refractivity contribution in [2.24, 2.45) is 0 Å². The average molecular weight is 479 g/mol. The number of nitrogens with zero attached hydrogens (tertiary/aromatic N) is 1. The molecule has 0 aromatic heterocycles. The van der Waals surface area contributed by atoms with Crippen molar-refractivity contribution in [3.8, 4) is 0 Å². The van der Waals surface area contributed by atoms with Crippen LogP contribution in [0.25, 0.3) is 6.08 Å². The SMILES string of the molecule is Cc1ccc(N2C(=O)/C(=C\c3ccccc3Sc3ccc(Cl)cc3)C(=O)NC2=S)c(C)c1. The summed E-state index contributed by atoms with van der Waals surface area (Å²) in [5.74, 6) is -0.954. The van der Waals surface area contributed by atoms with Crippen LogP contribution in [-0.2, 0) is 9.59 Å². The molecule has 0 atom stereocenters. The highest BCUT2D eigenvalue weighted by Crippen LogP contribution is 2.33. The Morgan fingerprint density at radius 3 is 2.44 bits per heavy atom. The number of thiocarbonyl (C=S) groups is 1. The Balaban J connectivity index is 1.72. The number of carbonyl (C=O) groups is 2. The molecule has 0 spiro atoms. The normalized spacial score (nSPS) is 15.3. The zero-order chi connectivity index (χ0) is 22.8. The van der Waals surface area contributed by atoms with Crippen molar-refractivity contribution in [3.05, 3.63) is 94.0 Å². The fourth-order valence-corrected chi connectivity index (χ4v) is 4.73. The summed E-state index contributed by atoms with van der Waals surface area (Å²) in [4.78, 5) is 29.4. The van der Waals surface area contributed by atoms with E-state index in [1.165, 1.54) is 16.7 Å². The predicted octanol–water partition coefficient (Wildman–Crippen LogP) is 5.94. The van der Waals surface area contributed by atoms with Crippen molar-refractivity contribution in [1.29, 1.82) is 0 Å². The number of aryl methyl sites for hydroxylation is 2. The summed E-state index contributed by atoms with van der Waals surface area (Å²) < 4.78 is 0. The number of carbonyl (C=O) groups excluding carboxylic acids is 2. The molecule has 160 valence electrons. The second-order valence-electron chi connectivity index (χ2n) is 7.34. The summed E-state index contributed by atoms with van der Waals surface area (Å²) in [6.07, 6.45) is 1.62. The molecule has 1 fully saturated rings. The Morgan fingerprint density at radius 1 is 1.00 bits per heavy atom. The number of hydrogen-bond donors (Lipinski definition) is 1. The number of anilines is 1. The van der Waals surface area contributed by atoms with Crippen LogP contribution >= 0.6 is 35.6 Å². The Morgan fingerprint density at radius 2 is 1.72 bits per heavy atom. The van der Waals surface area contributed by atoms with Crippen LogP contribution in [0.2, 0.25) is 5.02 Å². The molecule has 3 aromatic carbocycles. The van der Waals surface area contributed by atoms with Gasteiger partial charge in [0, 0.05) is 14.8 Å². The highest BCUT2D eigenvalue weighted by Gasteiger charge is 2.35. The molecular formula is C25H19ClN2O2S2. The number of rotatable bonds is 4. The maximum absolute atomic E-state index is 13.4. The van der Waals surface area contributed by atoms with Crippen molar-refractivity contribution >= 4 is 64.3 Å². The third kappa shape index (κ3) is 4.63. The summed E-state index contributed by atoms with van der Waals surface area (Å²) in [6, 6.07) is 20.8. The zero-order valence-electron chi connectivity index (χ0n) is 17.4. The number of nitrogens with one attached hydrogen (secondary N) is 1. The molecule has 4 nitrogen and oxygen atoms in total. The Kier molecular flexibility index (Phi) is 6.46. The number of hydrogen-bond acceptors (Lipinski definition) is 4. The predicted molar refractivity (Wildman–Crippen MR) is 134 cm³/mol. The van der Waals surface area contributed by atoms with Crippen molar-refractivity contribution < 1.29 is 9.59 Å². The monoisotopic (exact) mass is 478 g/mol. The number of halogens is 1. The highest BCUT2D eigenvalue weighted by atomic mass is 35.5. The molecular weight excluding hydrogens is 460 g/mol. The molecule has 1 N–H and O–H groups in total. The van der Waals surface area contributed by atoms with Gasteiger partial charge in [-0.3, -0.25) is 19.8 Å². The lowest BCUT2D eigenvalue weighted by atomic mass is 10.0.